The van der Waals surface area contributed by atoms with Crippen LogP contribution in [-0.4, -0.2) is 37.2 Å². The summed E-state index contributed by atoms with van der Waals surface area (Å²) in [5, 5.41) is 0. The Balaban J connectivity index is 4.43. The van der Waals surface area contributed by atoms with E-state index in [1.165, 1.54) is 32.1 Å². The zero-order valence-corrected chi connectivity index (χ0v) is 48.7. The monoisotopic (exact) mass is 1050 g/mol. The van der Waals surface area contributed by atoms with Gasteiger partial charge in [0.25, 0.3) is 0 Å². The summed E-state index contributed by atoms with van der Waals surface area (Å²) in [5.74, 6) is -0.986. The Morgan fingerprint density at radius 2 is 0.513 bits per heavy atom. The fourth-order valence-electron chi connectivity index (χ4n) is 7.74. The molecule has 0 rings (SSSR count). The molecule has 0 saturated heterocycles. The first-order chi connectivity index (χ1) is 37.5. The molecular weight excluding hydrogens is 937 g/mol. The van der Waals surface area contributed by atoms with E-state index in [1.807, 2.05) is 0 Å². The molecule has 0 N–H and O–H groups in total. The SMILES string of the molecule is CC/C=C\C/C=C\C/C=C\C/C=C\C/C=C\C/C=C\C/C=C\C/C=C\CCCCCCC(=O)OCC(COC(=O)CCCCC/C=C\C/C=C\C/C=C\CC)OC(=O)CCCCCCC/C=C\C/C=C\CCCCCC. The third-order valence-electron chi connectivity index (χ3n) is 12.2. The Kier molecular flexibility index (Phi) is 58.5. The summed E-state index contributed by atoms with van der Waals surface area (Å²) in [6.45, 7) is 6.32. The van der Waals surface area contributed by atoms with Gasteiger partial charge in [0.15, 0.2) is 6.10 Å². The van der Waals surface area contributed by atoms with Crippen LogP contribution in [0.4, 0.5) is 0 Å². The first-order valence-corrected chi connectivity index (χ1v) is 30.5. The largest absolute Gasteiger partial charge is 0.462 e. The van der Waals surface area contributed by atoms with E-state index < -0.39 is 6.10 Å². The van der Waals surface area contributed by atoms with Gasteiger partial charge >= 0.3 is 17.9 Å². The molecule has 0 aliphatic heterocycles. The molecule has 0 spiro atoms. The zero-order chi connectivity index (χ0) is 55.0. The summed E-state index contributed by atoms with van der Waals surface area (Å²) in [6, 6.07) is 0. The quantitative estimate of drug-likeness (QED) is 0.0261. The van der Waals surface area contributed by atoms with Crippen molar-refractivity contribution in [2.45, 2.75) is 252 Å². The number of carbonyl (C=O) groups is 3. The van der Waals surface area contributed by atoms with Gasteiger partial charge in [0.1, 0.15) is 13.2 Å². The lowest BCUT2D eigenvalue weighted by atomic mass is 10.1. The molecule has 0 heterocycles. The standard InChI is InChI=1S/C70H110O6/c1-4-7-10-13-16-19-22-25-27-29-30-31-32-33-34-35-36-37-38-39-40-41-43-45-48-51-54-57-60-63-69(72)75-66-67(65-74-68(71)62-59-56-53-50-47-44-24-21-18-15-12-9-6-3)76-70(73)64-61-58-55-52-49-46-42-28-26-23-20-17-14-11-8-5-2/h7,9-10,12,16,18-21,23,25,27-28,30-31,33-34,36-37,39-40,42-45,47,67H,4-6,8,11,13-15,17,22,24,26,29,32,35,38,41,46,48-66H2,1-3H3/b10-7-,12-9-,19-16-,21-18-,23-20-,27-25-,31-30-,34-33-,37-36-,40-39-,42-28-,45-43-,47-44-. The molecule has 1 unspecified atom stereocenters. The fraction of sp³-hybridized carbons (Fsp3) is 0.586. The van der Waals surface area contributed by atoms with Gasteiger partial charge in [-0.1, -0.05) is 237 Å². The van der Waals surface area contributed by atoms with Gasteiger partial charge in [-0.25, -0.2) is 0 Å². The molecule has 0 bridgehead atoms. The summed E-state index contributed by atoms with van der Waals surface area (Å²) >= 11 is 0. The molecule has 0 aromatic heterocycles. The van der Waals surface area contributed by atoms with E-state index in [4.69, 9.17) is 14.2 Å². The average molecular weight is 1050 g/mol. The van der Waals surface area contributed by atoms with Crippen molar-refractivity contribution in [2.24, 2.45) is 0 Å². The van der Waals surface area contributed by atoms with Crippen LogP contribution in [0.3, 0.4) is 0 Å². The molecule has 426 valence electrons. The highest BCUT2D eigenvalue weighted by Gasteiger charge is 2.19. The Bertz CT molecular complexity index is 1720. The second kappa shape index (κ2) is 62.6. The zero-order valence-electron chi connectivity index (χ0n) is 48.7. The summed E-state index contributed by atoms with van der Waals surface area (Å²) in [7, 11) is 0. The maximum atomic E-state index is 12.9. The van der Waals surface area contributed by atoms with Crippen LogP contribution < -0.4 is 0 Å². The maximum absolute atomic E-state index is 12.9. The Labute approximate surface area is 467 Å². The third-order valence-corrected chi connectivity index (χ3v) is 12.2. The van der Waals surface area contributed by atoms with Gasteiger partial charge in [0.05, 0.1) is 0 Å². The molecule has 6 nitrogen and oxygen atoms in total. The van der Waals surface area contributed by atoms with Crippen molar-refractivity contribution < 1.29 is 28.6 Å². The number of rotatable bonds is 53. The van der Waals surface area contributed by atoms with Crippen molar-refractivity contribution in [3.8, 4) is 0 Å². The van der Waals surface area contributed by atoms with Crippen LogP contribution in [0, 0.1) is 0 Å². The highest BCUT2D eigenvalue weighted by Crippen LogP contribution is 2.13. The van der Waals surface area contributed by atoms with E-state index in [2.05, 4.69) is 179 Å². The van der Waals surface area contributed by atoms with Crippen LogP contribution in [0.25, 0.3) is 0 Å². The molecule has 0 aliphatic rings. The van der Waals surface area contributed by atoms with Crippen molar-refractivity contribution in [3.05, 3.63) is 158 Å². The molecule has 0 aliphatic carbocycles. The molecule has 0 fully saturated rings. The van der Waals surface area contributed by atoms with E-state index in [1.54, 1.807) is 0 Å². The highest BCUT2D eigenvalue weighted by atomic mass is 16.6. The second-order valence-corrected chi connectivity index (χ2v) is 19.5. The predicted molar refractivity (Wildman–Crippen MR) is 329 cm³/mol. The van der Waals surface area contributed by atoms with Crippen molar-refractivity contribution in [1.82, 2.24) is 0 Å². The predicted octanol–water partition coefficient (Wildman–Crippen LogP) is 20.9. The number of unbranched alkanes of at least 4 members (excludes halogenated alkanes) is 16. The molecule has 0 amide bonds. The summed E-state index contributed by atoms with van der Waals surface area (Å²) in [5.41, 5.74) is 0. The fourth-order valence-corrected chi connectivity index (χ4v) is 7.74. The minimum absolute atomic E-state index is 0.113. The molecule has 0 aromatic carbocycles. The minimum atomic E-state index is -0.816. The molecular formula is C70H110O6. The van der Waals surface area contributed by atoms with Crippen LogP contribution in [-0.2, 0) is 28.6 Å². The van der Waals surface area contributed by atoms with Gasteiger partial charge < -0.3 is 14.2 Å². The molecule has 76 heavy (non-hydrogen) atoms. The maximum Gasteiger partial charge on any atom is 0.306 e. The average Bonchev–Trinajstić information content (AvgIpc) is 3.42. The second-order valence-electron chi connectivity index (χ2n) is 19.5. The van der Waals surface area contributed by atoms with Gasteiger partial charge in [-0.2, -0.15) is 0 Å². The number of hydrogen-bond acceptors (Lipinski definition) is 6. The minimum Gasteiger partial charge on any atom is -0.462 e. The van der Waals surface area contributed by atoms with Gasteiger partial charge in [0.2, 0.25) is 0 Å². The van der Waals surface area contributed by atoms with Crippen LogP contribution in [0.1, 0.15) is 245 Å². The summed E-state index contributed by atoms with van der Waals surface area (Å²) in [4.78, 5) is 38.2. The van der Waals surface area contributed by atoms with Crippen molar-refractivity contribution in [2.75, 3.05) is 13.2 Å². The topological polar surface area (TPSA) is 78.9 Å². The molecule has 6 heteroatoms. The Morgan fingerprint density at radius 3 is 0.816 bits per heavy atom. The lowest BCUT2D eigenvalue weighted by molar-refractivity contribution is -0.167. The van der Waals surface area contributed by atoms with E-state index in [0.717, 1.165) is 173 Å². The van der Waals surface area contributed by atoms with E-state index >= 15 is 0 Å². The third kappa shape index (κ3) is 59.9. The van der Waals surface area contributed by atoms with Crippen molar-refractivity contribution in [1.29, 1.82) is 0 Å². The van der Waals surface area contributed by atoms with Gasteiger partial charge in [-0.15, -0.1) is 0 Å². The molecule has 0 aromatic rings. The highest BCUT2D eigenvalue weighted by molar-refractivity contribution is 5.71. The number of hydrogen-bond donors (Lipinski definition) is 0. The molecule has 1 atom stereocenters. The van der Waals surface area contributed by atoms with Crippen LogP contribution in [0.5, 0.6) is 0 Å². The number of esters is 3. The smallest absolute Gasteiger partial charge is 0.306 e. The normalized spacial score (nSPS) is 13.2. The van der Waals surface area contributed by atoms with E-state index in [9.17, 15) is 14.4 Å². The van der Waals surface area contributed by atoms with Crippen LogP contribution in [0.15, 0.2) is 158 Å². The van der Waals surface area contributed by atoms with Crippen molar-refractivity contribution >= 4 is 17.9 Å². The molecule has 0 saturated carbocycles. The first-order valence-electron chi connectivity index (χ1n) is 30.5. The van der Waals surface area contributed by atoms with Gasteiger partial charge in [-0.05, 0) is 148 Å². The van der Waals surface area contributed by atoms with Crippen LogP contribution >= 0.6 is 0 Å². The van der Waals surface area contributed by atoms with Gasteiger partial charge in [-0.3, -0.25) is 14.4 Å². The molecule has 0 radical (unpaired) electrons. The first kappa shape index (κ1) is 71.0. The lowest BCUT2D eigenvalue weighted by Crippen LogP contribution is -2.30. The van der Waals surface area contributed by atoms with Gasteiger partial charge in [0, 0.05) is 19.3 Å². The number of ether oxygens (including phenoxy) is 3. The number of carbonyl (C=O) groups excluding carboxylic acids is 3. The lowest BCUT2D eigenvalue weighted by Gasteiger charge is -2.18. The van der Waals surface area contributed by atoms with Crippen LogP contribution in [0.2, 0.25) is 0 Å². The Hall–Kier alpha value is -4.97. The Morgan fingerprint density at radius 1 is 0.276 bits per heavy atom. The summed E-state index contributed by atoms with van der Waals surface area (Å²) < 4.78 is 16.8. The summed E-state index contributed by atoms with van der Waals surface area (Å²) in [6.07, 6.45) is 91.0. The van der Waals surface area contributed by atoms with E-state index in [0.29, 0.717) is 19.3 Å². The van der Waals surface area contributed by atoms with E-state index in [-0.39, 0.29) is 31.1 Å². The van der Waals surface area contributed by atoms with Crippen molar-refractivity contribution in [3.63, 3.8) is 0 Å². The number of allylic oxidation sites excluding steroid dienone is 26.